The van der Waals surface area contributed by atoms with Crippen molar-refractivity contribution >= 4 is 22.8 Å². The number of carbonyl (C=O) groups is 2. The molecule has 0 unspecified atom stereocenters. The third-order valence-electron chi connectivity index (χ3n) is 3.84. The van der Waals surface area contributed by atoms with Gasteiger partial charge in [-0.05, 0) is 32.4 Å². The van der Waals surface area contributed by atoms with Crippen LogP contribution in [-0.2, 0) is 11.3 Å². The second-order valence-electron chi connectivity index (χ2n) is 7.41. The number of benzene rings is 1. The van der Waals surface area contributed by atoms with Crippen LogP contribution in [0.15, 0.2) is 48.8 Å². The van der Waals surface area contributed by atoms with Gasteiger partial charge >= 0.3 is 0 Å². The first-order valence-electron chi connectivity index (χ1n) is 8.76. The standard InChI is InChI=1S/C20H23N5O2/c1-20(2,3)24-17(26)12-22-19(27)16-9-15-11-23-25(18(15)21-10-16)13-14-7-5-4-6-8-14/h4-11H,12-13H2,1-3H3,(H,22,27)(H,24,26). The number of rotatable bonds is 5. The van der Waals surface area contributed by atoms with Crippen LogP contribution in [0.4, 0.5) is 0 Å². The van der Waals surface area contributed by atoms with Gasteiger partial charge in [0.05, 0.1) is 24.8 Å². The Kier molecular flexibility index (Phi) is 5.21. The predicted octanol–water partition coefficient (Wildman–Crippen LogP) is 2.12. The first-order chi connectivity index (χ1) is 12.8. The quantitative estimate of drug-likeness (QED) is 0.725. The molecule has 27 heavy (non-hydrogen) atoms. The van der Waals surface area contributed by atoms with Crippen LogP contribution in [-0.4, -0.2) is 38.7 Å². The molecule has 3 aromatic rings. The van der Waals surface area contributed by atoms with E-state index in [0.717, 1.165) is 10.9 Å². The lowest BCUT2D eigenvalue weighted by Gasteiger charge is -2.20. The number of hydrogen-bond acceptors (Lipinski definition) is 4. The summed E-state index contributed by atoms with van der Waals surface area (Å²) in [6, 6.07) is 11.7. The lowest BCUT2D eigenvalue weighted by Crippen LogP contribution is -2.45. The van der Waals surface area contributed by atoms with Crippen LogP contribution in [0.5, 0.6) is 0 Å². The van der Waals surface area contributed by atoms with Crippen molar-refractivity contribution in [3.8, 4) is 0 Å². The number of hydrogen-bond donors (Lipinski definition) is 2. The van der Waals surface area contributed by atoms with Gasteiger partial charge in [0, 0.05) is 17.1 Å². The van der Waals surface area contributed by atoms with Crippen molar-refractivity contribution in [1.29, 1.82) is 0 Å². The van der Waals surface area contributed by atoms with Crippen LogP contribution < -0.4 is 10.6 Å². The molecular formula is C20H23N5O2. The van der Waals surface area contributed by atoms with E-state index in [1.165, 1.54) is 6.20 Å². The van der Waals surface area contributed by atoms with Gasteiger partial charge in [0.2, 0.25) is 5.91 Å². The first kappa shape index (κ1) is 18.6. The Morgan fingerprint density at radius 2 is 1.85 bits per heavy atom. The van der Waals surface area contributed by atoms with Crippen LogP contribution in [0, 0.1) is 0 Å². The van der Waals surface area contributed by atoms with E-state index < -0.39 is 0 Å². The minimum atomic E-state index is -0.343. The average Bonchev–Trinajstić information content (AvgIpc) is 3.01. The first-order valence-corrected chi connectivity index (χ1v) is 8.76. The second kappa shape index (κ2) is 7.57. The van der Waals surface area contributed by atoms with Gasteiger partial charge in [-0.25, -0.2) is 9.67 Å². The third kappa shape index (κ3) is 4.91. The van der Waals surface area contributed by atoms with Crippen molar-refractivity contribution in [3.63, 3.8) is 0 Å². The molecule has 2 N–H and O–H groups in total. The topological polar surface area (TPSA) is 88.9 Å². The zero-order chi connectivity index (χ0) is 19.4. The molecule has 2 amide bonds. The van der Waals surface area contributed by atoms with Crippen LogP contribution in [0.1, 0.15) is 36.7 Å². The van der Waals surface area contributed by atoms with E-state index in [9.17, 15) is 9.59 Å². The fourth-order valence-electron chi connectivity index (χ4n) is 2.69. The number of aromatic nitrogens is 3. The van der Waals surface area contributed by atoms with E-state index in [-0.39, 0.29) is 23.9 Å². The van der Waals surface area contributed by atoms with Crippen molar-refractivity contribution in [2.24, 2.45) is 0 Å². The van der Waals surface area contributed by atoms with Crippen molar-refractivity contribution in [2.75, 3.05) is 6.54 Å². The van der Waals surface area contributed by atoms with E-state index in [1.54, 1.807) is 16.9 Å². The number of pyridine rings is 1. The second-order valence-corrected chi connectivity index (χ2v) is 7.41. The summed E-state index contributed by atoms with van der Waals surface area (Å²) < 4.78 is 1.79. The largest absolute Gasteiger partial charge is 0.350 e. The fourth-order valence-corrected chi connectivity index (χ4v) is 2.69. The Bertz CT molecular complexity index is 957. The van der Waals surface area contributed by atoms with E-state index in [4.69, 9.17) is 0 Å². The Morgan fingerprint density at radius 3 is 2.56 bits per heavy atom. The Balaban J connectivity index is 1.68. The van der Waals surface area contributed by atoms with Gasteiger partial charge in [0.25, 0.3) is 5.91 Å². The fraction of sp³-hybridized carbons (Fsp3) is 0.300. The van der Waals surface area contributed by atoms with Crippen LogP contribution in [0.3, 0.4) is 0 Å². The molecule has 2 heterocycles. The Morgan fingerprint density at radius 1 is 1.11 bits per heavy atom. The normalized spacial score (nSPS) is 11.4. The molecule has 0 saturated heterocycles. The molecule has 7 heteroatoms. The maximum atomic E-state index is 12.3. The molecule has 0 aliphatic carbocycles. The number of fused-ring (bicyclic) bond motifs is 1. The minimum absolute atomic E-state index is 0.0819. The molecule has 0 fully saturated rings. The average molecular weight is 365 g/mol. The molecule has 1 aromatic carbocycles. The molecule has 0 atom stereocenters. The number of nitrogens with one attached hydrogen (secondary N) is 2. The SMILES string of the molecule is CC(C)(C)NC(=O)CNC(=O)c1cnc2c(cnn2Cc2ccccc2)c1. The molecule has 0 bridgehead atoms. The third-order valence-corrected chi connectivity index (χ3v) is 3.84. The molecule has 140 valence electrons. The summed E-state index contributed by atoms with van der Waals surface area (Å²) in [6.07, 6.45) is 3.19. The van der Waals surface area contributed by atoms with E-state index >= 15 is 0 Å². The van der Waals surface area contributed by atoms with Crippen molar-refractivity contribution in [1.82, 2.24) is 25.4 Å². The summed E-state index contributed by atoms with van der Waals surface area (Å²) in [5.41, 5.74) is 1.89. The smallest absolute Gasteiger partial charge is 0.253 e. The van der Waals surface area contributed by atoms with Crippen molar-refractivity contribution < 1.29 is 9.59 Å². The van der Waals surface area contributed by atoms with E-state index in [1.807, 2.05) is 51.1 Å². The Hall–Kier alpha value is -3.22. The molecule has 0 saturated carbocycles. The zero-order valence-electron chi connectivity index (χ0n) is 15.7. The maximum absolute atomic E-state index is 12.3. The van der Waals surface area contributed by atoms with Gasteiger partial charge in [0.1, 0.15) is 0 Å². The molecule has 0 aliphatic heterocycles. The summed E-state index contributed by atoms with van der Waals surface area (Å²) in [5.74, 6) is -0.579. The molecule has 3 rings (SSSR count). The van der Waals surface area contributed by atoms with E-state index in [2.05, 4.69) is 20.7 Å². The van der Waals surface area contributed by atoms with Crippen LogP contribution >= 0.6 is 0 Å². The van der Waals surface area contributed by atoms with Gasteiger partial charge in [-0.15, -0.1) is 0 Å². The molecule has 2 aromatic heterocycles. The molecule has 0 radical (unpaired) electrons. The monoisotopic (exact) mass is 365 g/mol. The Labute approximate surface area is 157 Å². The van der Waals surface area contributed by atoms with Gasteiger partial charge in [-0.3, -0.25) is 9.59 Å². The van der Waals surface area contributed by atoms with Crippen LogP contribution in [0.2, 0.25) is 0 Å². The molecule has 0 spiro atoms. The highest BCUT2D eigenvalue weighted by Gasteiger charge is 2.15. The summed E-state index contributed by atoms with van der Waals surface area (Å²) in [6.45, 7) is 6.18. The summed E-state index contributed by atoms with van der Waals surface area (Å²) in [4.78, 5) is 28.5. The van der Waals surface area contributed by atoms with Gasteiger partial charge in [0.15, 0.2) is 5.65 Å². The number of carbonyl (C=O) groups excluding carboxylic acids is 2. The maximum Gasteiger partial charge on any atom is 0.253 e. The zero-order valence-corrected chi connectivity index (χ0v) is 15.7. The highest BCUT2D eigenvalue weighted by Crippen LogP contribution is 2.14. The summed E-state index contributed by atoms with van der Waals surface area (Å²) >= 11 is 0. The van der Waals surface area contributed by atoms with Gasteiger partial charge < -0.3 is 10.6 Å². The molecule has 0 aliphatic rings. The molecule has 7 nitrogen and oxygen atoms in total. The predicted molar refractivity (Wildman–Crippen MR) is 103 cm³/mol. The minimum Gasteiger partial charge on any atom is -0.350 e. The lowest BCUT2D eigenvalue weighted by atomic mass is 10.1. The summed E-state index contributed by atoms with van der Waals surface area (Å²) in [5, 5.41) is 10.6. The van der Waals surface area contributed by atoms with Crippen LogP contribution in [0.25, 0.3) is 11.0 Å². The van der Waals surface area contributed by atoms with Gasteiger partial charge in [-0.2, -0.15) is 5.10 Å². The van der Waals surface area contributed by atoms with Crippen molar-refractivity contribution in [3.05, 3.63) is 59.9 Å². The molecular weight excluding hydrogens is 342 g/mol. The summed E-state index contributed by atoms with van der Waals surface area (Å²) in [7, 11) is 0. The van der Waals surface area contributed by atoms with Gasteiger partial charge in [-0.1, -0.05) is 30.3 Å². The van der Waals surface area contributed by atoms with E-state index in [0.29, 0.717) is 17.8 Å². The highest BCUT2D eigenvalue weighted by atomic mass is 16.2. The number of amides is 2. The number of nitrogens with zero attached hydrogens (tertiary/aromatic N) is 3. The van der Waals surface area contributed by atoms with Crippen molar-refractivity contribution in [2.45, 2.75) is 32.9 Å². The highest BCUT2D eigenvalue weighted by molar-refractivity contribution is 5.98. The lowest BCUT2D eigenvalue weighted by molar-refractivity contribution is -0.121.